The number of fused-ring (bicyclic) bond motifs is 1. The predicted molar refractivity (Wildman–Crippen MR) is 150 cm³/mol. The normalized spacial score (nSPS) is 15.6. The Balaban J connectivity index is 1.67. The van der Waals surface area contributed by atoms with Crippen LogP contribution in [-0.2, 0) is 20.9 Å². The molecule has 2 amide bonds. The second-order valence-corrected chi connectivity index (χ2v) is 11.5. The molecule has 0 radical (unpaired) electrons. The second kappa shape index (κ2) is 13.0. The molecule has 0 fully saturated rings. The van der Waals surface area contributed by atoms with Crippen LogP contribution >= 0.6 is 11.8 Å². The van der Waals surface area contributed by atoms with Crippen LogP contribution in [0.25, 0.3) is 0 Å². The van der Waals surface area contributed by atoms with E-state index in [2.05, 4.69) is 25.4 Å². The number of nitrogens with one attached hydrogen (secondary N) is 1. The first kappa shape index (κ1) is 33.0. The molecule has 3 aromatic rings. The smallest absolute Gasteiger partial charge is 0.444 e. The first-order valence-electron chi connectivity index (χ1n) is 13.0. The van der Waals surface area contributed by atoms with Gasteiger partial charge in [0, 0.05) is 17.6 Å². The van der Waals surface area contributed by atoms with Crippen LogP contribution in [0, 0.1) is 12.7 Å². The number of carbonyl (C=O) groups excluding carboxylic acids is 3. The van der Waals surface area contributed by atoms with Crippen molar-refractivity contribution >= 4 is 41.3 Å². The molecule has 3 N–H and O–H groups in total. The molecule has 45 heavy (non-hydrogen) atoms. The third-order valence-corrected chi connectivity index (χ3v) is 6.84. The highest BCUT2D eigenvalue weighted by Crippen LogP contribution is 2.37. The average molecular weight is 655 g/mol. The van der Waals surface area contributed by atoms with Gasteiger partial charge in [-0.15, -0.1) is 35.1 Å². The van der Waals surface area contributed by atoms with E-state index in [1.54, 1.807) is 20.8 Å². The minimum absolute atomic E-state index is 0.0243. The number of anilines is 1. The fourth-order valence-electron chi connectivity index (χ4n) is 3.87. The van der Waals surface area contributed by atoms with E-state index in [9.17, 15) is 27.6 Å². The number of aromatic nitrogens is 2. The number of halogens is 4. The highest BCUT2D eigenvalue weighted by molar-refractivity contribution is 7.99. The topological polar surface area (TPSA) is 171 Å². The molecule has 0 aliphatic carbocycles. The van der Waals surface area contributed by atoms with Gasteiger partial charge in [-0.1, -0.05) is 17.3 Å². The van der Waals surface area contributed by atoms with Crippen molar-refractivity contribution in [1.29, 1.82) is 0 Å². The van der Waals surface area contributed by atoms with Crippen LogP contribution in [0.3, 0.4) is 0 Å². The number of oxime groups is 1. The Labute approximate surface area is 257 Å². The summed E-state index contributed by atoms with van der Waals surface area (Å²) in [4.78, 5) is 44.6. The Bertz CT molecular complexity index is 1620. The maximum atomic E-state index is 15.3. The van der Waals surface area contributed by atoms with Crippen molar-refractivity contribution in [2.45, 2.75) is 57.1 Å². The SMILES string of the molecule is Cc1nnc(C(=O)O/N=C(\N)c2cc3c(cc2F)SC[C@H](NC(=O)OC(C)(C)C)C(=O)N3Cc2ccc(OC(F)(F)F)cc2)o1. The van der Waals surface area contributed by atoms with Gasteiger partial charge in [0.1, 0.15) is 23.2 Å². The van der Waals surface area contributed by atoms with E-state index in [0.717, 1.165) is 30.0 Å². The zero-order chi connectivity index (χ0) is 33.1. The molecule has 0 bridgehead atoms. The van der Waals surface area contributed by atoms with Gasteiger partial charge < -0.3 is 34.7 Å². The van der Waals surface area contributed by atoms with Crippen molar-refractivity contribution in [3.63, 3.8) is 0 Å². The molecule has 18 heteroatoms. The fraction of sp³-hybridized carbons (Fsp3) is 0.333. The van der Waals surface area contributed by atoms with Crippen molar-refractivity contribution in [1.82, 2.24) is 15.5 Å². The van der Waals surface area contributed by atoms with Gasteiger partial charge in [-0.3, -0.25) is 4.79 Å². The van der Waals surface area contributed by atoms with Gasteiger partial charge in [-0.05, 0) is 50.6 Å². The standard InChI is InChI=1S/C27H26F4N6O7S/c1-13-34-35-22(41-13)24(39)44-36-21(32)16-9-19-20(10-17(16)28)45-12-18(33-25(40)43-26(2,3)4)23(38)37(19)11-14-5-7-15(8-6-14)42-27(29,30)31/h5-10,18H,11-12H2,1-4H3,(H2,32,36)(H,33,40)/t18-/m0/s1. The highest BCUT2D eigenvalue weighted by Gasteiger charge is 2.35. The van der Waals surface area contributed by atoms with Crippen molar-refractivity contribution in [3.8, 4) is 5.75 Å². The van der Waals surface area contributed by atoms with Crippen LogP contribution in [0.4, 0.5) is 28.0 Å². The summed E-state index contributed by atoms with van der Waals surface area (Å²) >= 11 is 1.05. The maximum absolute atomic E-state index is 15.3. The Kier molecular flexibility index (Phi) is 9.55. The number of amidine groups is 1. The molecule has 0 saturated heterocycles. The number of hydrogen-bond acceptors (Lipinski definition) is 11. The van der Waals surface area contributed by atoms with E-state index >= 15 is 4.39 Å². The van der Waals surface area contributed by atoms with Crippen molar-refractivity contribution in [3.05, 3.63) is 65.1 Å². The van der Waals surface area contributed by atoms with Crippen LogP contribution in [0.1, 0.15) is 48.5 Å². The lowest BCUT2D eigenvalue weighted by atomic mass is 10.1. The lowest BCUT2D eigenvalue weighted by Crippen LogP contribution is -2.50. The molecule has 1 aromatic heterocycles. The average Bonchev–Trinajstić information content (AvgIpc) is 3.33. The number of nitrogens with zero attached hydrogens (tertiary/aromatic N) is 4. The predicted octanol–water partition coefficient (Wildman–Crippen LogP) is 4.43. The Morgan fingerprint density at radius 1 is 1.18 bits per heavy atom. The number of thioether (sulfide) groups is 1. The second-order valence-electron chi connectivity index (χ2n) is 10.4. The van der Waals surface area contributed by atoms with Gasteiger partial charge in [0.05, 0.1) is 17.8 Å². The number of rotatable bonds is 7. The number of carbonyl (C=O) groups is 3. The summed E-state index contributed by atoms with van der Waals surface area (Å²) in [6.45, 7) is 6.14. The number of amides is 2. The monoisotopic (exact) mass is 654 g/mol. The summed E-state index contributed by atoms with van der Waals surface area (Å²) in [6, 6.07) is 5.87. The Morgan fingerprint density at radius 3 is 2.47 bits per heavy atom. The van der Waals surface area contributed by atoms with Gasteiger partial charge in [-0.2, -0.15) is 0 Å². The minimum Gasteiger partial charge on any atom is -0.444 e. The maximum Gasteiger partial charge on any atom is 0.573 e. The van der Waals surface area contributed by atoms with E-state index in [-0.39, 0.29) is 34.3 Å². The van der Waals surface area contributed by atoms with E-state index < -0.39 is 59.3 Å². The van der Waals surface area contributed by atoms with E-state index in [1.807, 2.05) is 0 Å². The third-order valence-electron chi connectivity index (χ3n) is 5.70. The number of alkyl carbamates (subject to hydrolysis) is 1. The fourth-order valence-corrected chi connectivity index (χ4v) is 4.95. The van der Waals surface area contributed by atoms with E-state index in [4.69, 9.17) is 19.7 Å². The zero-order valence-electron chi connectivity index (χ0n) is 24.1. The first-order valence-corrected chi connectivity index (χ1v) is 13.9. The largest absolute Gasteiger partial charge is 0.573 e. The van der Waals surface area contributed by atoms with Gasteiger partial charge in [-0.25, -0.2) is 14.0 Å². The number of benzene rings is 2. The number of ether oxygens (including phenoxy) is 2. The van der Waals surface area contributed by atoms with Gasteiger partial charge in [0.15, 0.2) is 5.84 Å². The third kappa shape index (κ3) is 8.84. The number of nitrogens with two attached hydrogens (primary N) is 1. The van der Waals surface area contributed by atoms with Gasteiger partial charge in [0.25, 0.3) is 5.91 Å². The van der Waals surface area contributed by atoms with Crippen molar-refractivity contribution in [2.24, 2.45) is 10.9 Å². The quantitative estimate of drug-likeness (QED) is 0.121. The lowest BCUT2D eigenvalue weighted by molar-refractivity contribution is -0.274. The van der Waals surface area contributed by atoms with Crippen LogP contribution < -0.4 is 20.7 Å². The molecule has 240 valence electrons. The molecule has 1 atom stereocenters. The first-order chi connectivity index (χ1) is 21.0. The van der Waals surface area contributed by atoms with Crippen molar-refractivity contribution in [2.75, 3.05) is 10.7 Å². The number of alkyl halides is 3. The molecular formula is C27H26F4N6O7S. The summed E-state index contributed by atoms with van der Waals surface area (Å²) in [5.74, 6) is -4.21. The molecule has 0 spiro atoms. The summed E-state index contributed by atoms with van der Waals surface area (Å²) < 4.78 is 67.3. The van der Waals surface area contributed by atoms with Crippen LogP contribution in [0.5, 0.6) is 5.75 Å². The van der Waals surface area contributed by atoms with E-state index in [1.165, 1.54) is 30.0 Å². The van der Waals surface area contributed by atoms with Gasteiger partial charge >= 0.3 is 24.3 Å². The zero-order valence-corrected chi connectivity index (χ0v) is 24.9. The molecule has 2 heterocycles. The minimum atomic E-state index is -4.90. The molecule has 1 aliphatic rings. The Morgan fingerprint density at radius 2 is 1.87 bits per heavy atom. The molecular weight excluding hydrogens is 628 g/mol. The molecule has 0 unspecified atom stereocenters. The lowest BCUT2D eigenvalue weighted by Gasteiger charge is -2.27. The molecule has 1 aliphatic heterocycles. The molecule has 2 aromatic carbocycles. The summed E-state index contributed by atoms with van der Waals surface area (Å²) in [7, 11) is 0. The molecule has 0 saturated carbocycles. The summed E-state index contributed by atoms with van der Waals surface area (Å²) in [5, 5.41) is 12.9. The van der Waals surface area contributed by atoms with Crippen molar-refractivity contribution < 1.29 is 50.7 Å². The summed E-state index contributed by atoms with van der Waals surface area (Å²) in [5.41, 5.74) is 5.20. The van der Waals surface area contributed by atoms with Gasteiger partial charge in [0.2, 0.25) is 5.89 Å². The highest BCUT2D eigenvalue weighted by atomic mass is 32.2. The van der Waals surface area contributed by atoms with Crippen LogP contribution in [0.15, 0.2) is 50.9 Å². The number of aryl methyl sites for hydroxylation is 1. The van der Waals surface area contributed by atoms with E-state index in [0.29, 0.717) is 5.56 Å². The number of hydrogen-bond donors (Lipinski definition) is 2. The van der Waals surface area contributed by atoms with Crippen LogP contribution in [-0.4, -0.2) is 57.8 Å². The Hall–Kier alpha value is -4.87. The van der Waals surface area contributed by atoms with Crippen LogP contribution in [0.2, 0.25) is 0 Å². The molecule has 4 rings (SSSR count). The summed E-state index contributed by atoms with van der Waals surface area (Å²) in [6.07, 6.45) is -5.78. The molecule has 13 nitrogen and oxygen atoms in total.